The quantitative estimate of drug-likeness (QED) is 0.738. The van der Waals surface area contributed by atoms with Crippen molar-refractivity contribution in [3.05, 3.63) is 76.7 Å². The Bertz CT molecular complexity index is 964. The molecule has 0 spiro atoms. The van der Waals surface area contributed by atoms with Gasteiger partial charge in [-0.2, -0.15) is 0 Å². The van der Waals surface area contributed by atoms with Gasteiger partial charge in [0.25, 0.3) is 5.56 Å². The lowest BCUT2D eigenvalue weighted by Crippen LogP contribution is -2.36. The van der Waals surface area contributed by atoms with Crippen molar-refractivity contribution in [2.24, 2.45) is 7.05 Å². The number of carbonyl (C=O) groups excluding carboxylic acids is 1. The van der Waals surface area contributed by atoms with Crippen LogP contribution in [-0.4, -0.2) is 16.6 Å². The second-order valence-corrected chi connectivity index (χ2v) is 6.53. The summed E-state index contributed by atoms with van der Waals surface area (Å²) in [6.45, 7) is 1.99. The molecule has 2 amide bonds. The van der Waals surface area contributed by atoms with Gasteiger partial charge in [0.1, 0.15) is 0 Å². The molecule has 3 aromatic rings. The summed E-state index contributed by atoms with van der Waals surface area (Å²) >= 11 is 0. The number of nitrogens with zero attached hydrogens (tertiary/aromatic N) is 1. The molecule has 0 radical (unpaired) electrons. The smallest absolute Gasteiger partial charge is 0.319 e. The number of benzene rings is 2. The van der Waals surface area contributed by atoms with E-state index in [4.69, 9.17) is 0 Å². The summed E-state index contributed by atoms with van der Waals surface area (Å²) in [5, 5.41) is 7.16. The Morgan fingerprint density at radius 1 is 1.04 bits per heavy atom. The van der Waals surface area contributed by atoms with Crippen molar-refractivity contribution >= 4 is 22.5 Å². The molecular formula is C21H23N3O2. The topological polar surface area (TPSA) is 63.1 Å². The van der Waals surface area contributed by atoms with Crippen molar-refractivity contribution in [2.45, 2.75) is 25.8 Å². The van der Waals surface area contributed by atoms with Crippen LogP contribution in [0.2, 0.25) is 0 Å². The van der Waals surface area contributed by atoms with Crippen molar-refractivity contribution < 1.29 is 4.79 Å². The van der Waals surface area contributed by atoms with Gasteiger partial charge in [-0.1, -0.05) is 48.5 Å². The van der Waals surface area contributed by atoms with Gasteiger partial charge in [-0.25, -0.2) is 4.79 Å². The Morgan fingerprint density at radius 3 is 2.42 bits per heavy atom. The van der Waals surface area contributed by atoms with Crippen molar-refractivity contribution in [1.82, 2.24) is 9.88 Å². The molecule has 1 heterocycles. The molecule has 5 heteroatoms. The Kier molecular flexibility index (Phi) is 5.37. The third kappa shape index (κ3) is 4.11. The van der Waals surface area contributed by atoms with E-state index in [1.165, 1.54) is 10.1 Å². The third-order valence-corrected chi connectivity index (χ3v) is 4.43. The summed E-state index contributed by atoms with van der Waals surface area (Å²) < 4.78 is 1.48. The first-order valence-electron chi connectivity index (χ1n) is 8.74. The van der Waals surface area contributed by atoms with Crippen LogP contribution in [0, 0.1) is 0 Å². The SMILES string of the molecule is C[C@@H](CCc1ccccc1)NC(=O)Nc1cn(C)c(=O)c2ccccc12. The first-order valence-corrected chi connectivity index (χ1v) is 8.74. The van der Waals surface area contributed by atoms with Gasteiger partial charge >= 0.3 is 6.03 Å². The number of hydrogen-bond acceptors (Lipinski definition) is 2. The number of amides is 2. The number of anilines is 1. The Labute approximate surface area is 152 Å². The highest BCUT2D eigenvalue weighted by atomic mass is 16.2. The van der Waals surface area contributed by atoms with Gasteiger partial charge in [-0.3, -0.25) is 4.79 Å². The number of rotatable bonds is 5. The minimum atomic E-state index is -0.269. The molecule has 134 valence electrons. The van der Waals surface area contributed by atoms with Crippen LogP contribution < -0.4 is 16.2 Å². The van der Waals surface area contributed by atoms with Crippen molar-refractivity contribution in [2.75, 3.05) is 5.32 Å². The van der Waals surface area contributed by atoms with Crippen LogP contribution in [-0.2, 0) is 13.5 Å². The summed E-state index contributed by atoms with van der Waals surface area (Å²) in [7, 11) is 1.68. The molecule has 0 saturated carbocycles. The minimum Gasteiger partial charge on any atom is -0.335 e. The van der Waals surface area contributed by atoms with Gasteiger partial charge in [0.05, 0.1) is 5.69 Å². The predicted octanol–water partition coefficient (Wildman–Crippen LogP) is 3.68. The number of urea groups is 1. The summed E-state index contributed by atoms with van der Waals surface area (Å²) in [6, 6.07) is 17.3. The molecule has 0 aliphatic carbocycles. The van der Waals surface area contributed by atoms with E-state index in [1.807, 2.05) is 43.3 Å². The zero-order valence-electron chi connectivity index (χ0n) is 15.0. The van der Waals surface area contributed by atoms with Crippen LogP contribution in [0.15, 0.2) is 65.6 Å². The summed E-state index contributed by atoms with van der Waals surface area (Å²) in [5.74, 6) is 0. The highest BCUT2D eigenvalue weighted by molar-refractivity contribution is 6.00. The highest BCUT2D eigenvalue weighted by Gasteiger charge is 2.11. The fraction of sp³-hybridized carbons (Fsp3) is 0.238. The lowest BCUT2D eigenvalue weighted by atomic mass is 10.1. The lowest BCUT2D eigenvalue weighted by molar-refractivity contribution is 0.248. The van der Waals surface area contributed by atoms with E-state index < -0.39 is 0 Å². The minimum absolute atomic E-state index is 0.0361. The molecule has 0 fully saturated rings. The fourth-order valence-electron chi connectivity index (χ4n) is 3.00. The zero-order chi connectivity index (χ0) is 18.5. The molecule has 0 aliphatic rings. The molecule has 0 bridgehead atoms. The van der Waals surface area contributed by atoms with E-state index in [9.17, 15) is 9.59 Å². The molecule has 3 rings (SSSR count). The molecule has 2 aromatic carbocycles. The van der Waals surface area contributed by atoms with E-state index in [1.54, 1.807) is 19.3 Å². The Balaban J connectivity index is 1.66. The van der Waals surface area contributed by atoms with Gasteiger partial charge in [-0.15, -0.1) is 0 Å². The predicted molar refractivity (Wildman–Crippen MR) is 106 cm³/mol. The number of aryl methyl sites for hydroxylation is 2. The molecular weight excluding hydrogens is 326 g/mol. The fourth-order valence-corrected chi connectivity index (χ4v) is 3.00. The molecule has 2 N–H and O–H groups in total. The van der Waals surface area contributed by atoms with Crippen LogP contribution in [0.25, 0.3) is 10.8 Å². The third-order valence-electron chi connectivity index (χ3n) is 4.43. The molecule has 1 atom stereocenters. The van der Waals surface area contributed by atoms with Crippen LogP contribution in [0.1, 0.15) is 18.9 Å². The van der Waals surface area contributed by atoms with Crippen LogP contribution in [0.3, 0.4) is 0 Å². The molecule has 0 saturated heterocycles. The molecule has 1 aromatic heterocycles. The van der Waals surface area contributed by atoms with Crippen LogP contribution in [0.5, 0.6) is 0 Å². The molecule has 5 nitrogen and oxygen atoms in total. The summed E-state index contributed by atoms with van der Waals surface area (Å²) in [4.78, 5) is 24.6. The monoisotopic (exact) mass is 349 g/mol. The standard InChI is InChI=1S/C21H23N3O2/c1-15(12-13-16-8-4-3-5-9-16)22-21(26)23-19-14-24(2)20(25)18-11-7-6-10-17(18)19/h3-11,14-15H,12-13H2,1-2H3,(H2,22,23,26)/t15-/m0/s1. The second-order valence-electron chi connectivity index (χ2n) is 6.53. The summed E-state index contributed by atoms with van der Waals surface area (Å²) in [5.41, 5.74) is 1.80. The number of carbonyl (C=O) groups is 1. The van der Waals surface area contributed by atoms with Gasteiger partial charge < -0.3 is 15.2 Å². The number of nitrogens with one attached hydrogen (secondary N) is 2. The van der Waals surface area contributed by atoms with E-state index in [2.05, 4.69) is 22.8 Å². The number of aromatic nitrogens is 1. The maximum atomic E-state index is 12.4. The normalized spacial score (nSPS) is 11.9. The van der Waals surface area contributed by atoms with Gasteiger partial charge in [0.15, 0.2) is 0 Å². The Hall–Kier alpha value is -3.08. The molecule has 0 unspecified atom stereocenters. The van der Waals surface area contributed by atoms with Crippen LogP contribution >= 0.6 is 0 Å². The summed E-state index contributed by atoms with van der Waals surface area (Å²) in [6.07, 6.45) is 3.41. The number of fused-ring (bicyclic) bond motifs is 1. The average Bonchev–Trinajstić information content (AvgIpc) is 2.65. The van der Waals surface area contributed by atoms with E-state index >= 15 is 0 Å². The maximum absolute atomic E-state index is 12.4. The van der Waals surface area contributed by atoms with Gasteiger partial charge in [0.2, 0.25) is 0 Å². The van der Waals surface area contributed by atoms with E-state index in [0.717, 1.165) is 18.2 Å². The lowest BCUT2D eigenvalue weighted by Gasteiger charge is -2.16. The van der Waals surface area contributed by atoms with Crippen molar-refractivity contribution in [3.8, 4) is 0 Å². The number of hydrogen-bond donors (Lipinski definition) is 2. The van der Waals surface area contributed by atoms with Gasteiger partial charge in [-0.05, 0) is 31.4 Å². The van der Waals surface area contributed by atoms with Crippen molar-refractivity contribution in [3.63, 3.8) is 0 Å². The first kappa shape index (κ1) is 17.7. The largest absolute Gasteiger partial charge is 0.335 e. The first-order chi connectivity index (χ1) is 12.5. The molecule has 0 aliphatic heterocycles. The highest BCUT2D eigenvalue weighted by Crippen LogP contribution is 2.19. The van der Waals surface area contributed by atoms with Crippen molar-refractivity contribution in [1.29, 1.82) is 0 Å². The van der Waals surface area contributed by atoms with Gasteiger partial charge in [0, 0.05) is 30.1 Å². The maximum Gasteiger partial charge on any atom is 0.319 e. The van der Waals surface area contributed by atoms with E-state index in [-0.39, 0.29) is 17.6 Å². The average molecular weight is 349 g/mol. The number of pyridine rings is 1. The van der Waals surface area contributed by atoms with E-state index in [0.29, 0.717) is 11.1 Å². The molecule has 26 heavy (non-hydrogen) atoms. The Morgan fingerprint density at radius 2 is 1.69 bits per heavy atom. The second kappa shape index (κ2) is 7.87. The van der Waals surface area contributed by atoms with Crippen LogP contribution in [0.4, 0.5) is 10.5 Å². The zero-order valence-corrected chi connectivity index (χ0v) is 15.0.